The minimum atomic E-state index is -4.79. The van der Waals surface area contributed by atoms with Gasteiger partial charge in [0.1, 0.15) is 5.75 Å². The fourth-order valence-electron chi connectivity index (χ4n) is 2.68. The van der Waals surface area contributed by atoms with Gasteiger partial charge in [0.2, 0.25) is 5.91 Å². The molecule has 0 bridgehead atoms. The number of rotatable bonds is 5. The van der Waals surface area contributed by atoms with Crippen molar-refractivity contribution in [1.82, 2.24) is 4.90 Å². The lowest BCUT2D eigenvalue weighted by molar-refractivity contribution is -0.274. The Kier molecular flexibility index (Phi) is 5.05. The van der Waals surface area contributed by atoms with Crippen LogP contribution >= 0.6 is 0 Å². The molecule has 0 aromatic heterocycles. The molecule has 5 nitrogen and oxygen atoms in total. The molecule has 1 aromatic rings. The van der Waals surface area contributed by atoms with Crippen molar-refractivity contribution >= 4 is 11.9 Å². The number of aliphatic carboxylic acids is 1. The lowest BCUT2D eigenvalue weighted by atomic mass is 9.90. The Hall–Kier alpha value is -2.25. The third-order valence-corrected chi connectivity index (χ3v) is 4.15. The maximum atomic E-state index is 12.4. The van der Waals surface area contributed by atoms with Crippen LogP contribution in [0.5, 0.6) is 5.75 Å². The zero-order valence-corrected chi connectivity index (χ0v) is 13.1. The molecule has 1 atom stereocenters. The van der Waals surface area contributed by atoms with Gasteiger partial charge in [-0.25, -0.2) is 0 Å². The molecular formula is C16H18F3NO4. The van der Waals surface area contributed by atoms with Crippen LogP contribution in [0.15, 0.2) is 24.3 Å². The van der Waals surface area contributed by atoms with E-state index in [-0.39, 0.29) is 36.6 Å². The van der Waals surface area contributed by atoms with Crippen molar-refractivity contribution in [2.24, 2.45) is 5.41 Å². The molecule has 1 fully saturated rings. The molecule has 8 heteroatoms. The standard InChI is InChI=1S/C16H18F3NO4/c1-15(14(22)23)8-9-20(10-15)13(21)7-6-11-4-2-3-5-12(11)24-16(17,18)19/h2-5H,6-10H2,1H3,(H,22,23). The summed E-state index contributed by atoms with van der Waals surface area (Å²) in [7, 11) is 0. The highest BCUT2D eigenvalue weighted by Gasteiger charge is 2.41. The molecule has 0 saturated carbocycles. The highest BCUT2D eigenvalue weighted by molar-refractivity contribution is 5.80. The van der Waals surface area contributed by atoms with Crippen molar-refractivity contribution in [1.29, 1.82) is 0 Å². The van der Waals surface area contributed by atoms with Crippen molar-refractivity contribution in [2.75, 3.05) is 13.1 Å². The smallest absolute Gasteiger partial charge is 0.481 e. The first-order valence-corrected chi connectivity index (χ1v) is 7.45. The Morgan fingerprint density at radius 2 is 2.00 bits per heavy atom. The average molecular weight is 345 g/mol. The van der Waals surface area contributed by atoms with E-state index in [1.54, 1.807) is 13.0 Å². The van der Waals surface area contributed by atoms with Gasteiger partial charge in [0.25, 0.3) is 0 Å². The average Bonchev–Trinajstić information content (AvgIpc) is 2.88. The zero-order valence-electron chi connectivity index (χ0n) is 13.1. The van der Waals surface area contributed by atoms with Gasteiger partial charge in [0.15, 0.2) is 0 Å². The zero-order chi connectivity index (χ0) is 18.0. The van der Waals surface area contributed by atoms with E-state index in [2.05, 4.69) is 4.74 Å². The molecular weight excluding hydrogens is 327 g/mol. The molecule has 2 rings (SSSR count). The summed E-state index contributed by atoms with van der Waals surface area (Å²) in [6.45, 7) is 2.03. The number of para-hydroxylation sites is 1. The first-order valence-electron chi connectivity index (χ1n) is 7.45. The molecule has 0 aliphatic carbocycles. The summed E-state index contributed by atoms with van der Waals surface area (Å²) in [5, 5.41) is 9.16. The van der Waals surface area contributed by atoms with Crippen LogP contribution in [0.1, 0.15) is 25.3 Å². The second-order valence-electron chi connectivity index (χ2n) is 6.09. The predicted octanol–water partition coefficient (Wildman–Crippen LogP) is 2.84. The first kappa shape index (κ1) is 18.1. The maximum Gasteiger partial charge on any atom is 0.573 e. The number of amides is 1. The summed E-state index contributed by atoms with van der Waals surface area (Å²) in [5.41, 5.74) is -0.684. The SMILES string of the molecule is CC1(C(=O)O)CCN(C(=O)CCc2ccccc2OC(F)(F)F)C1. The van der Waals surface area contributed by atoms with E-state index in [0.29, 0.717) is 13.0 Å². The number of carboxylic acids is 1. The largest absolute Gasteiger partial charge is 0.573 e. The third-order valence-electron chi connectivity index (χ3n) is 4.15. The van der Waals surface area contributed by atoms with Gasteiger partial charge in [-0.2, -0.15) is 0 Å². The molecule has 1 aliphatic rings. The first-order chi connectivity index (χ1) is 11.1. The fraction of sp³-hybridized carbons (Fsp3) is 0.500. The van der Waals surface area contributed by atoms with Gasteiger partial charge in [-0.3, -0.25) is 9.59 Å². The number of aryl methyl sites for hydroxylation is 1. The highest BCUT2D eigenvalue weighted by atomic mass is 19.4. The van der Waals surface area contributed by atoms with E-state index in [1.807, 2.05) is 0 Å². The van der Waals surface area contributed by atoms with Crippen molar-refractivity contribution in [2.45, 2.75) is 32.5 Å². The molecule has 1 aromatic carbocycles. The summed E-state index contributed by atoms with van der Waals surface area (Å²) in [5.74, 6) is -1.56. The molecule has 1 heterocycles. The van der Waals surface area contributed by atoms with E-state index < -0.39 is 17.7 Å². The highest BCUT2D eigenvalue weighted by Crippen LogP contribution is 2.31. The number of carboxylic acid groups (broad SMARTS) is 1. The number of carbonyl (C=O) groups is 2. The van der Waals surface area contributed by atoms with Crippen molar-refractivity contribution < 1.29 is 32.6 Å². The number of hydrogen-bond acceptors (Lipinski definition) is 3. The predicted molar refractivity (Wildman–Crippen MR) is 78.4 cm³/mol. The molecule has 0 spiro atoms. The molecule has 0 radical (unpaired) electrons. The summed E-state index contributed by atoms with van der Waals surface area (Å²) >= 11 is 0. The number of nitrogens with zero attached hydrogens (tertiary/aromatic N) is 1. The van der Waals surface area contributed by atoms with Gasteiger partial charge in [-0.15, -0.1) is 13.2 Å². The number of halogens is 3. The monoisotopic (exact) mass is 345 g/mol. The van der Waals surface area contributed by atoms with E-state index in [0.717, 1.165) is 0 Å². The van der Waals surface area contributed by atoms with Crippen LogP contribution in [0, 0.1) is 5.41 Å². The maximum absolute atomic E-state index is 12.4. The van der Waals surface area contributed by atoms with Crippen molar-refractivity contribution in [3.8, 4) is 5.75 Å². The van der Waals surface area contributed by atoms with Gasteiger partial charge in [-0.1, -0.05) is 18.2 Å². The fourth-order valence-corrected chi connectivity index (χ4v) is 2.68. The van der Waals surface area contributed by atoms with Crippen LogP contribution < -0.4 is 4.74 Å². The van der Waals surface area contributed by atoms with E-state index in [4.69, 9.17) is 5.11 Å². The summed E-state index contributed by atoms with van der Waals surface area (Å²) < 4.78 is 41.1. The minimum Gasteiger partial charge on any atom is -0.481 e. The van der Waals surface area contributed by atoms with Crippen LogP contribution in [0.3, 0.4) is 0 Å². The Balaban J connectivity index is 1.97. The van der Waals surface area contributed by atoms with Crippen LogP contribution in [0.25, 0.3) is 0 Å². The quantitative estimate of drug-likeness (QED) is 0.891. The van der Waals surface area contributed by atoms with Crippen LogP contribution in [0.2, 0.25) is 0 Å². The number of alkyl halides is 3. The number of carbonyl (C=O) groups excluding carboxylic acids is 1. The van der Waals surface area contributed by atoms with Crippen LogP contribution in [0.4, 0.5) is 13.2 Å². The summed E-state index contributed by atoms with van der Waals surface area (Å²) in [6.07, 6.45) is -4.35. The van der Waals surface area contributed by atoms with Gasteiger partial charge in [0.05, 0.1) is 5.41 Å². The summed E-state index contributed by atoms with van der Waals surface area (Å²) in [4.78, 5) is 24.8. The van der Waals surface area contributed by atoms with E-state index >= 15 is 0 Å². The van der Waals surface area contributed by atoms with Gasteiger partial charge in [-0.05, 0) is 31.4 Å². The molecule has 1 amide bonds. The second-order valence-corrected chi connectivity index (χ2v) is 6.09. The van der Waals surface area contributed by atoms with Gasteiger partial charge >= 0.3 is 12.3 Å². The van der Waals surface area contributed by atoms with Gasteiger partial charge < -0.3 is 14.7 Å². The molecule has 1 N–H and O–H groups in total. The Labute approximate surface area is 137 Å². The normalized spacial score (nSPS) is 20.9. The van der Waals surface area contributed by atoms with Crippen molar-refractivity contribution in [3.05, 3.63) is 29.8 Å². The molecule has 1 saturated heterocycles. The van der Waals surface area contributed by atoms with Gasteiger partial charge in [0, 0.05) is 19.5 Å². The van der Waals surface area contributed by atoms with E-state index in [1.165, 1.54) is 23.1 Å². The molecule has 132 valence electrons. The lowest BCUT2D eigenvalue weighted by Gasteiger charge is -2.20. The molecule has 1 unspecified atom stereocenters. The second kappa shape index (κ2) is 6.70. The van der Waals surface area contributed by atoms with Crippen LogP contribution in [-0.2, 0) is 16.0 Å². The third kappa shape index (κ3) is 4.39. The van der Waals surface area contributed by atoms with E-state index in [9.17, 15) is 22.8 Å². The minimum absolute atomic E-state index is 0.00602. The number of hydrogen-bond donors (Lipinski definition) is 1. The summed E-state index contributed by atoms with van der Waals surface area (Å²) in [6, 6.07) is 5.66. The Morgan fingerprint density at radius 3 is 2.58 bits per heavy atom. The Morgan fingerprint density at radius 1 is 1.33 bits per heavy atom. The van der Waals surface area contributed by atoms with Crippen LogP contribution in [-0.4, -0.2) is 41.3 Å². The molecule has 1 aliphatic heterocycles. The number of ether oxygens (including phenoxy) is 1. The molecule has 24 heavy (non-hydrogen) atoms. The topological polar surface area (TPSA) is 66.8 Å². The number of likely N-dealkylation sites (tertiary alicyclic amines) is 1. The number of benzene rings is 1. The van der Waals surface area contributed by atoms with Crippen molar-refractivity contribution in [3.63, 3.8) is 0 Å². The lowest BCUT2D eigenvalue weighted by Crippen LogP contribution is -2.35. The Bertz CT molecular complexity index is 632.